The number of ether oxygens (including phenoxy) is 1. The van der Waals surface area contributed by atoms with Gasteiger partial charge in [-0.05, 0) is 12.5 Å². The van der Waals surface area contributed by atoms with Crippen molar-refractivity contribution in [1.29, 1.82) is 0 Å². The summed E-state index contributed by atoms with van der Waals surface area (Å²) < 4.78 is 33.6. The highest BCUT2D eigenvalue weighted by Crippen LogP contribution is 2.11. The molecule has 0 aliphatic carbocycles. The molecule has 1 heterocycles. The van der Waals surface area contributed by atoms with E-state index in [1.54, 1.807) is 0 Å². The minimum Gasteiger partial charge on any atom is -0.376 e. The van der Waals surface area contributed by atoms with Crippen molar-refractivity contribution in [3.8, 4) is 0 Å². The van der Waals surface area contributed by atoms with E-state index in [0.717, 1.165) is 5.56 Å². The molecular formula is C13H21N3O3S. The molecule has 0 bridgehead atoms. The summed E-state index contributed by atoms with van der Waals surface area (Å²) in [5.74, 6) is 0. The first-order valence-electron chi connectivity index (χ1n) is 6.66. The van der Waals surface area contributed by atoms with Crippen LogP contribution in [-0.2, 0) is 14.9 Å². The van der Waals surface area contributed by atoms with E-state index in [0.29, 0.717) is 19.7 Å². The molecule has 1 saturated heterocycles. The predicted octanol–water partition coefficient (Wildman–Crippen LogP) is 0.242. The molecule has 6 nitrogen and oxygen atoms in total. The Morgan fingerprint density at radius 3 is 2.80 bits per heavy atom. The molecule has 0 aromatic heterocycles. The summed E-state index contributed by atoms with van der Waals surface area (Å²) in [5, 5.41) is 0. The maximum absolute atomic E-state index is 12.2. The van der Waals surface area contributed by atoms with Crippen LogP contribution in [0.15, 0.2) is 30.3 Å². The topological polar surface area (TPSA) is 84.7 Å². The van der Waals surface area contributed by atoms with Gasteiger partial charge >= 0.3 is 0 Å². The smallest absolute Gasteiger partial charge is 0.279 e. The van der Waals surface area contributed by atoms with Gasteiger partial charge in [0, 0.05) is 25.7 Å². The first-order chi connectivity index (χ1) is 9.49. The number of nitrogens with two attached hydrogens (primary N) is 1. The van der Waals surface area contributed by atoms with Gasteiger partial charge in [0.2, 0.25) is 0 Å². The summed E-state index contributed by atoms with van der Waals surface area (Å²) in [6, 6.07) is 9.08. The number of morpholine rings is 1. The summed E-state index contributed by atoms with van der Waals surface area (Å²) in [5.41, 5.74) is 6.90. The lowest BCUT2D eigenvalue weighted by molar-refractivity contribution is 0.00977. The van der Waals surface area contributed by atoms with Gasteiger partial charge in [-0.2, -0.15) is 12.7 Å². The quantitative estimate of drug-likeness (QED) is 0.816. The molecule has 1 aromatic carbocycles. The fourth-order valence-electron chi connectivity index (χ4n) is 2.11. The van der Waals surface area contributed by atoms with Crippen LogP contribution in [0.25, 0.3) is 0 Å². The van der Waals surface area contributed by atoms with Gasteiger partial charge in [0.25, 0.3) is 10.2 Å². The predicted molar refractivity (Wildman–Crippen MR) is 77.3 cm³/mol. The second kappa shape index (κ2) is 6.64. The fourth-order valence-corrected chi connectivity index (χ4v) is 3.40. The molecule has 112 valence electrons. The Morgan fingerprint density at radius 2 is 2.15 bits per heavy atom. The maximum Gasteiger partial charge on any atom is 0.279 e. The minimum atomic E-state index is -3.50. The first-order valence-corrected chi connectivity index (χ1v) is 8.10. The average Bonchev–Trinajstić information content (AvgIpc) is 2.46. The number of rotatable bonds is 5. The van der Waals surface area contributed by atoms with Crippen LogP contribution in [0.3, 0.4) is 0 Å². The molecule has 0 radical (unpaired) electrons. The van der Waals surface area contributed by atoms with E-state index in [1.165, 1.54) is 4.31 Å². The molecule has 2 atom stereocenters. The van der Waals surface area contributed by atoms with Gasteiger partial charge in [0.1, 0.15) is 0 Å². The van der Waals surface area contributed by atoms with E-state index in [2.05, 4.69) is 4.72 Å². The Bertz CT molecular complexity index is 521. The number of benzene rings is 1. The minimum absolute atomic E-state index is 0.0804. The third kappa shape index (κ3) is 4.00. The Balaban J connectivity index is 1.92. The van der Waals surface area contributed by atoms with Crippen LogP contribution in [-0.4, -0.2) is 45.1 Å². The van der Waals surface area contributed by atoms with Crippen LogP contribution in [0.5, 0.6) is 0 Å². The summed E-state index contributed by atoms with van der Waals surface area (Å²) >= 11 is 0. The molecule has 0 spiro atoms. The van der Waals surface area contributed by atoms with Crippen LogP contribution >= 0.6 is 0 Å². The van der Waals surface area contributed by atoms with Crippen molar-refractivity contribution in [2.45, 2.75) is 19.1 Å². The summed E-state index contributed by atoms with van der Waals surface area (Å²) in [7, 11) is -3.50. The second-order valence-electron chi connectivity index (χ2n) is 4.91. The average molecular weight is 299 g/mol. The van der Waals surface area contributed by atoms with E-state index in [1.807, 2.05) is 37.3 Å². The Morgan fingerprint density at radius 1 is 1.45 bits per heavy atom. The van der Waals surface area contributed by atoms with Gasteiger partial charge in [-0.3, -0.25) is 0 Å². The van der Waals surface area contributed by atoms with E-state index in [-0.39, 0.29) is 18.7 Å². The molecule has 0 amide bonds. The fraction of sp³-hybridized carbons (Fsp3) is 0.538. The molecule has 7 heteroatoms. The zero-order valence-electron chi connectivity index (χ0n) is 11.5. The van der Waals surface area contributed by atoms with Crippen molar-refractivity contribution >= 4 is 10.2 Å². The highest BCUT2D eigenvalue weighted by molar-refractivity contribution is 7.87. The zero-order valence-corrected chi connectivity index (χ0v) is 12.3. The summed E-state index contributed by atoms with van der Waals surface area (Å²) in [6.45, 7) is 3.21. The van der Waals surface area contributed by atoms with Crippen molar-refractivity contribution in [2.24, 2.45) is 5.73 Å². The monoisotopic (exact) mass is 299 g/mol. The van der Waals surface area contributed by atoms with Crippen LogP contribution in [0.2, 0.25) is 0 Å². The Labute approximate surface area is 120 Å². The molecule has 0 saturated carbocycles. The van der Waals surface area contributed by atoms with Gasteiger partial charge in [-0.1, -0.05) is 30.3 Å². The van der Waals surface area contributed by atoms with E-state index in [9.17, 15) is 8.42 Å². The van der Waals surface area contributed by atoms with Crippen molar-refractivity contribution < 1.29 is 13.2 Å². The van der Waals surface area contributed by atoms with Crippen molar-refractivity contribution in [2.75, 3.05) is 26.2 Å². The molecule has 1 aliphatic rings. The third-order valence-corrected chi connectivity index (χ3v) is 4.80. The SMILES string of the molecule is C[C@@H]1CN(S(=O)(=O)NC[C@H](N)c2ccccc2)CCO1. The number of hydrogen-bond donors (Lipinski definition) is 2. The number of nitrogens with one attached hydrogen (secondary N) is 1. The van der Waals surface area contributed by atoms with Crippen LogP contribution in [0.4, 0.5) is 0 Å². The van der Waals surface area contributed by atoms with Gasteiger partial charge < -0.3 is 10.5 Å². The summed E-state index contributed by atoms with van der Waals surface area (Å²) in [6.07, 6.45) is -0.0804. The van der Waals surface area contributed by atoms with E-state index in [4.69, 9.17) is 10.5 Å². The van der Waals surface area contributed by atoms with Gasteiger partial charge in [0.15, 0.2) is 0 Å². The lowest BCUT2D eigenvalue weighted by atomic mass is 10.1. The molecule has 2 rings (SSSR count). The summed E-state index contributed by atoms with van der Waals surface area (Å²) in [4.78, 5) is 0. The van der Waals surface area contributed by atoms with Crippen LogP contribution in [0, 0.1) is 0 Å². The van der Waals surface area contributed by atoms with Gasteiger partial charge in [0.05, 0.1) is 12.7 Å². The molecule has 1 aliphatic heterocycles. The Kier molecular flexibility index (Phi) is 5.11. The molecule has 20 heavy (non-hydrogen) atoms. The van der Waals surface area contributed by atoms with Crippen LogP contribution < -0.4 is 10.5 Å². The zero-order chi connectivity index (χ0) is 14.6. The molecule has 1 aromatic rings. The second-order valence-corrected chi connectivity index (χ2v) is 6.67. The molecule has 3 N–H and O–H groups in total. The molecule has 1 fully saturated rings. The lowest BCUT2D eigenvalue weighted by Crippen LogP contribution is -2.50. The lowest BCUT2D eigenvalue weighted by Gasteiger charge is -2.30. The first kappa shape index (κ1) is 15.4. The van der Waals surface area contributed by atoms with E-state index < -0.39 is 10.2 Å². The van der Waals surface area contributed by atoms with Crippen molar-refractivity contribution in [1.82, 2.24) is 9.03 Å². The maximum atomic E-state index is 12.2. The van der Waals surface area contributed by atoms with Crippen LogP contribution in [0.1, 0.15) is 18.5 Å². The largest absolute Gasteiger partial charge is 0.376 e. The standard InChI is InChI=1S/C13H21N3O3S/c1-11-10-16(7-8-19-11)20(17,18)15-9-13(14)12-5-3-2-4-6-12/h2-6,11,13,15H,7-10,14H2,1H3/t11-,13+/m1/s1. The highest BCUT2D eigenvalue weighted by atomic mass is 32.2. The molecular weight excluding hydrogens is 278 g/mol. The van der Waals surface area contributed by atoms with Crippen molar-refractivity contribution in [3.05, 3.63) is 35.9 Å². The third-order valence-electron chi connectivity index (χ3n) is 3.26. The number of hydrogen-bond acceptors (Lipinski definition) is 4. The van der Waals surface area contributed by atoms with Gasteiger partial charge in [-0.15, -0.1) is 0 Å². The number of nitrogens with zero attached hydrogens (tertiary/aromatic N) is 1. The normalized spacial score (nSPS) is 22.6. The van der Waals surface area contributed by atoms with Crippen molar-refractivity contribution in [3.63, 3.8) is 0 Å². The molecule has 0 unspecified atom stereocenters. The Hall–Kier alpha value is -0.990. The van der Waals surface area contributed by atoms with E-state index >= 15 is 0 Å². The highest BCUT2D eigenvalue weighted by Gasteiger charge is 2.27. The van der Waals surface area contributed by atoms with Gasteiger partial charge in [-0.25, -0.2) is 4.72 Å².